The SMILES string of the molecule is CCN(c1ccccc1)S(=O)(=O)c1cc(S(=O)(=O)N(CC)c2ccccc2)c2cccc3c2c1NC3=O. The van der Waals surface area contributed by atoms with Gasteiger partial charge in [-0.25, -0.2) is 16.8 Å². The maximum absolute atomic E-state index is 14.1. The lowest BCUT2D eigenvalue weighted by Gasteiger charge is -2.26. The Morgan fingerprint density at radius 1 is 0.676 bits per heavy atom. The fourth-order valence-electron chi connectivity index (χ4n) is 4.74. The summed E-state index contributed by atoms with van der Waals surface area (Å²) >= 11 is 0. The van der Waals surface area contributed by atoms with Gasteiger partial charge in [0.2, 0.25) is 0 Å². The van der Waals surface area contributed by atoms with E-state index in [9.17, 15) is 21.6 Å². The van der Waals surface area contributed by atoms with Gasteiger partial charge in [-0.05, 0) is 50.2 Å². The van der Waals surface area contributed by atoms with E-state index >= 15 is 0 Å². The van der Waals surface area contributed by atoms with Crippen molar-refractivity contribution in [1.29, 1.82) is 0 Å². The molecular formula is C27H25N3O5S2. The van der Waals surface area contributed by atoms with Gasteiger partial charge in [-0.15, -0.1) is 0 Å². The van der Waals surface area contributed by atoms with Crippen LogP contribution >= 0.6 is 0 Å². The number of hydrogen-bond donors (Lipinski definition) is 1. The van der Waals surface area contributed by atoms with E-state index < -0.39 is 26.0 Å². The van der Waals surface area contributed by atoms with Gasteiger partial charge in [-0.3, -0.25) is 13.4 Å². The molecule has 0 bridgehead atoms. The number of para-hydroxylation sites is 2. The van der Waals surface area contributed by atoms with Crippen LogP contribution in [0.15, 0.2) is 94.7 Å². The fraction of sp³-hybridized carbons (Fsp3) is 0.148. The Bertz CT molecular complexity index is 1720. The average Bonchev–Trinajstić information content (AvgIpc) is 3.23. The molecule has 4 aromatic carbocycles. The smallest absolute Gasteiger partial charge is 0.266 e. The average molecular weight is 536 g/mol. The van der Waals surface area contributed by atoms with Gasteiger partial charge in [0, 0.05) is 29.4 Å². The predicted octanol–water partition coefficient (Wildman–Crippen LogP) is 4.84. The van der Waals surface area contributed by atoms with Gasteiger partial charge in [-0.1, -0.05) is 48.5 Å². The number of sulfonamides is 2. The number of rotatable bonds is 8. The van der Waals surface area contributed by atoms with Crippen LogP contribution in [-0.2, 0) is 20.0 Å². The van der Waals surface area contributed by atoms with Crippen molar-refractivity contribution in [3.8, 4) is 0 Å². The van der Waals surface area contributed by atoms with Crippen molar-refractivity contribution in [2.45, 2.75) is 23.6 Å². The number of hydrogen-bond acceptors (Lipinski definition) is 5. The Kier molecular flexibility index (Phi) is 6.17. The molecule has 0 radical (unpaired) electrons. The third kappa shape index (κ3) is 3.93. The number of amides is 1. The summed E-state index contributed by atoms with van der Waals surface area (Å²) in [6, 6.07) is 23.1. The number of nitrogens with zero attached hydrogens (tertiary/aromatic N) is 2. The summed E-state index contributed by atoms with van der Waals surface area (Å²) in [5.41, 5.74) is 1.20. The molecule has 190 valence electrons. The number of carbonyl (C=O) groups is 1. The molecule has 1 N–H and O–H groups in total. The highest BCUT2D eigenvalue weighted by atomic mass is 32.2. The maximum atomic E-state index is 14.1. The van der Waals surface area contributed by atoms with E-state index in [2.05, 4.69) is 5.32 Å². The lowest BCUT2D eigenvalue weighted by Crippen LogP contribution is -2.33. The minimum absolute atomic E-state index is 0.0895. The van der Waals surface area contributed by atoms with E-state index in [4.69, 9.17) is 0 Å². The molecular weight excluding hydrogens is 510 g/mol. The van der Waals surface area contributed by atoms with E-state index in [-0.39, 0.29) is 44.9 Å². The molecule has 0 spiro atoms. The van der Waals surface area contributed by atoms with Crippen molar-refractivity contribution in [1.82, 2.24) is 0 Å². The van der Waals surface area contributed by atoms with Crippen molar-refractivity contribution in [2.24, 2.45) is 0 Å². The van der Waals surface area contributed by atoms with Gasteiger partial charge in [0.25, 0.3) is 26.0 Å². The van der Waals surface area contributed by atoms with Crippen LogP contribution in [0.5, 0.6) is 0 Å². The molecule has 8 nitrogen and oxygen atoms in total. The molecule has 0 aromatic heterocycles. The molecule has 0 unspecified atom stereocenters. The first kappa shape index (κ1) is 24.8. The first-order valence-corrected chi connectivity index (χ1v) is 14.7. The molecule has 1 aliphatic heterocycles. The van der Waals surface area contributed by atoms with Crippen molar-refractivity contribution in [3.63, 3.8) is 0 Å². The molecule has 4 aromatic rings. The summed E-state index contributed by atoms with van der Waals surface area (Å²) in [5.74, 6) is -0.482. The third-order valence-electron chi connectivity index (χ3n) is 6.37. The standard InChI is InChI=1S/C27H25N3O5S2/c1-3-29(19-12-7-5-8-13-19)36(32,33)23-18-24(26-25-21(23)16-11-17-22(25)27(31)28-26)37(34,35)30(4-2)20-14-9-6-10-15-20/h5-18H,3-4H2,1-2H3,(H,28,31). The molecule has 1 amide bonds. The maximum Gasteiger partial charge on any atom is 0.266 e. The van der Waals surface area contributed by atoms with Crippen molar-refractivity contribution >= 4 is 53.8 Å². The van der Waals surface area contributed by atoms with Crippen molar-refractivity contribution < 1.29 is 21.6 Å². The first-order chi connectivity index (χ1) is 17.7. The van der Waals surface area contributed by atoms with E-state index in [1.54, 1.807) is 92.7 Å². The number of benzene rings is 4. The quantitative estimate of drug-likeness (QED) is 0.348. The molecule has 10 heteroatoms. The van der Waals surface area contributed by atoms with Crippen LogP contribution < -0.4 is 13.9 Å². The van der Waals surface area contributed by atoms with Gasteiger partial charge < -0.3 is 5.32 Å². The van der Waals surface area contributed by atoms with Crippen LogP contribution in [0.4, 0.5) is 17.1 Å². The van der Waals surface area contributed by atoms with Crippen LogP contribution in [-0.4, -0.2) is 35.8 Å². The molecule has 37 heavy (non-hydrogen) atoms. The minimum Gasteiger partial charge on any atom is -0.320 e. The van der Waals surface area contributed by atoms with Crippen LogP contribution in [0.1, 0.15) is 24.2 Å². The Morgan fingerprint density at radius 3 is 1.70 bits per heavy atom. The molecule has 0 saturated heterocycles. The molecule has 0 saturated carbocycles. The van der Waals surface area contributed by atoms with E-state index in [1.165, 1.54) is 14.7 Å². The normalized spacial score (nSPS) is 13.0. The van der Waals surface area contributed by atoms with Crippen molar-refractivity contribution in [3.05, 3.63) is 90.5 Å². The molecule has 0 atom stereocenters. The predicted molar refractivity (Wildman–Crippen MR) is 145 cm³/mol. The lowest BCUT2D eigenvalue weighted by atomic mass is 10.1. The summed E-state index contributed by atoms with van der Waals surface area (Å²) in [5, 5.41) is 3.23. The Morgan fingerprint density at radius 2 is 1.19 bits per heavy atom. The number of anilines is 3. The van der Waals surface area contributed by atoms with Crippen LogP contribution in [0.25, 0.3) is 10.8 Å². The first-order valence-electron chi connectivity index (χ1n) is 11.8. The minimum atomic E-state index is -4.27. The van der Waals surface area contributed by atoms with Gasteiger partial charge in [0.05, 0.1) is 22.0 Å². The second-order valence-electron chi connectivity index (χ2n) is 8.44. The highest BCUT2D eigenvalue weighted by Gasteiger charge is 2.37. The molecule has 5 rings (SSSR count). The Balaban J connectivity index is 1.82. The monoisotopic (exact) mass is 535 g/mol. The number of nitrogens with one attached hydrogen (secondary N) is 1. The summed E-state index contributed by atoms with van der Waals surface area (Å²) < 4.78 is 58.8. The summed E-state index contributed by atoms with van der Waals surface area (Å²) in [4.78, 5) is 12.4. The molecule has 1 heterocycles. The van der Waals surface area contributed by atoms with Crippen LogP contribution in [0.2, 0.25) is 0 Å². The second kappa shape index (κ2) is 9.20. The van der Waals surface area contributed by atoms with E-state index in [0.717, 1.165) is 0 Å². The Hall–Kier alpha value is -3.89. The topological polar surface area (TPSA) is 104 Å². The molecule has 1 aliphatic rings. The van der Waals surface area contributed by atoms with E-state index in [1.807, 2.05) is 0 Å². The van der Waals surface area contributed by atoms with Crippen molar-refractivity contribution in [2.75, 3.05) is 27.0 Å². The van der Waals surface area contributed by atoms with Crippen LogP contribution in [0, 0.1) is 0 Å². The fourth-order valence-corrected chi connectivity index (χ4v) is 8.16. The second-order valence-corrected chi connectivity index (χ2v) is 12.1. The summed E-state index contributed by atoms with van der Waals surface area (Å²) in [6.07, 6.45) is 0. The van der Waals surface area contributed by atoms with Gasteiger partial charge >= 0.3 is 0 Å². The molecule has 0 aliphatic carbocycles. The zero-order chi connectivity index (χ0) is 26.4. The molecule has 0 fully saturated rings. The lowest BCUT2D eigenvalue weighted by molar-refractivity contribution is 0.103. The van der Waals surface area contributed by atoms with E-state index in [0.29, 0.717) is 11.4 Å². The largest absolute Gasteiger partial charge is 0.320 e. The summed E-state index contributed by atoms with van der Waals surface area (Å²) in [6.45, 7) is 3.63. The van der Waals surface area contributed by atoms with Gasteiger partial charge in [0.15, 0.2) is 0 Å². The summed E-state index contributed by atoms with van der Waals surface area (Å²) in [7, 11) is -8.50. The highest BCUT2D eigenvalue weighted by Crippen LogP contribution is 2.43. The zero-order valence-corrected chi connectivity index (χ0v) is 21.9. The van der Waals surface area contributed by atoms with Gasteiger partial charge in [0.1, 0.15) is 4.90 Å². The Labute approximate surface area is 216 Å². The highest BCUT2D eigenvalue weighted by molar-refractivity contribution is 7.94. The third-order valence-corrected chi connectivity index (χ3v) is 10.2. The zero-order valence-electron chi connectivity index (χ0n) is 20.2. The number of carbonyl (C=O) groups excluding carboxylic acids is 1. The van der Waals surface area contributed by atoms with Gasteiger partial charge in [-0.2, -0.15) is 0 Å². The van der Waals surface area contributed by atoms with Crippen LogP contribution in [0.3, 0.4) is 0 Å².